The lowest BCUT2D eigenvalue weighted by molar-refractivity contribution is -0.109. The Morgan fingerprint density at radius 2 is 2.42 bits per heavy atom. The summed E-state index contributed by atoms with van der Waals surface area (Å²) in [5.41, 5.74) is 2.32. The maximum atomic E-state index is 10.6. The number of benzene rings is 1. The average Bonchev–Trinajstić information content (AvgIpc) is 2.07. The van der Waals surface area contributed by atoms with Gasteiger partial charge in [-0.15, -0.1) is 0 Å². The van der Waals surface area contributed by atoms with Gasteiger partial charge in [0.25, 0.3) is 0 Å². The largest absolute Gasteiger partial charge is 0.496 e. The van der Waals surface area contributed by atoms with Crippen LogP contribution in [0.25, 0.3) is 0 Å². The van der Waals surface area contributed by atoms with E-state index in [1.165, 1.54) is 5.56 Å². The number of methoxy groups -OCH3 is 1. The van der Waals surface area contributed by atoms with Crippen molar-refractivity contribution < 1.29 is 9.53 Å². The number of carbonyl (C=O) groups excluding carboxylic acids is 1. The van der Waals surface area contributed by atoms with Crippen molar-refractivity contribution in [3.63, 3.8) is 0 Å². The number of carbonyl (C=O) groups is 1. The lowest BCUT2D eigenvalue weighted by Crippen LogP contribution is -2.19. The fourth-order valence-electron chi connectivity index (χ4n) is 1.69. The van der Waals surface area contributed by atoms with Gasteiger partial charge in [-0.3, -0.25) is 0 Å². The van der Waals surface area contributed by atoms with Crippen LogP contribution in [0.3, 0.4) is 0 Å². The van der Waals surface area contributed by atoms with Gasteiger partial charge in [0.2, 0.25) is 0 Å². The molecular weight excluding hydrogens is 152 g/mol. The highest BCUT2D eigenvalue weighted by Crippen LogP contribution is 2.39. The SMILES string of the molecule is COc1cccc2c1C(C=O)C2. The van der Waals surface area contributed by atoms with E-state index in [-0.39, 0.29) is 5.92 Å². The van der Waals surface area contributed by atoms with Crippen LogP contribution in [0.5, 0.6) is 5.75 Å². The first kappa shape index (κ1) is 7.35. The predicted molar refractivity (Wildman–Crippen MR) is 45.5 cm³/mol. The Hall–Kier alpha value is -1.31. The van der Waals surface area contributed by atoms with Crippen molar-refractivity contribution in [2.24, 2.45) is 0 Å². The van der Waals surface area contributed by atoms with Crippen LogP contribution in [-0.2, 0) is 11.2 Å². The molecule has 0 saturated carbocycles. The Bertz CT molecular complexity index is 318. The van der Waals surface area contributed by atoms with Crippen LogP contribution in [0.2, 0.25) is 0 Å². The second kappa shape index (κ2) is 2.63. The van der Waals surface area contributed by atoms with Crippen molar-refractivity contribution in [2.75, 3.05) is 7.11 Å². The molecule has 2 nitrogen and oxygen atoms in total. The number of rotatable bonds is 2. The van der Waals surface area contributed by atoms with Gasteiger partial charge >= 0.3 is 0 Å². The fraction of sp³-hybridized carbons (Fsp3) is 0.300. The Morgan fingerprint density at radius 1 is 1.58 bits per heavy atom. The highest BCUT2D eigenvalue weighted by Gasteiger charge is 2.28. The van der Waals surface area contributed by atoms with Crippen molar-refractivity contribution in [1.82, 2.24) is 0 Å². The fourth-order valence-corrected chi connectivity index (χ4v) is 1.69. The quantitative estimate of drug-likeness (QED) is 0.616. The summed E-state index contributed by atoms with van der Waals surface area (Å²) in [5, 5.41) is 0. The smallest absolute Gasteiger partial charge is 0.127 e. The molecule has 1 atom stereocenters. The molecule has 1 aromatic carbocycles. The van der Waals surface area contributed by atoms with Crippen LogP contribution in [-0.4, -0.2) is 13.4 Å². The van der Waals surface area contributed by atoms with Crippen molar-refractivity contribution in [2.45, 2.75) is 12.3 Å². The first-order chi connectivity index (χ1) is 5.86. The molecule has 1 aromatic rings. The maximum absolute atomic E-state index is 10.6. The topological polar surface area (TPSA) is 26.3 Å². The lowest BCUT2D eigenvalue weighted by Gasteiger charge is -2.27. The Balaban J connectivity index is 2.46. The molecule has 0 amide bonds. The third-order valence-electron chi connectivity index (χ3n) is 2.35. The van der Waals surface area contributed by atoms with E-state index in [1.807, 2.05) is 18.2 Å². The molecule has 0 fully saturated rings. The van der Waals surface area contributed by atoms with E-state index in [9.17, 15) is 4.79 Å². The molecule has 2 heteroatoms. The first-order valence-electron chi connectivity index (χ1n) is 3.98. The Kier molecular flexibility index (Phi) is 1.61. The summed E-state index contributed by atoms with van der Waals surface area (Å²) in [6, 6.07) is 5.89. The second-order valence-corrected chi connectivity index (χ2v) is 2.98. The summed E-state index contributed by atoms with van der Waals surface area (Å²) in [4.78, 5) is 10.6. The summed E-state index contributed by atoms with van der Waals surface area (Å²) < 4.78 is 5.15. The van der Waals surface area contributed by atoms with Gasteiger partial charge in [-0.25, -0.2) is 0 Å². The van der Waals surface area contributed by atoms with Gasteiger partial charge in [0.1, 0.15) is 12.0 Å². The zero-order chi connectivity index (χ0) is 8.55. The number of aldehydes is 1. The Labute approximate surface area is 71.2 Å². The molecule has 1 aliphatic carbocycles. The van der Waals surface area contributed by atoms with E-state index in [2.05, 4.69) is 0 Å². The minimum absolute atomic E-state index is 0.0659. The van der Waals surface area contributed by atoms with Crippen LogP contribution < -0.4 is 4.74 Å². The third kappa shape index (κ3) is 0.843. The normalized spacial score (nSPS) is 19.2. The van der Waals surface area contributed by atoms with E-state index >= 15 is 0 Å². The molecule has 2 rings (SSSR count). The Morgan fingerprint density at radius 3 is 3.08 bits per heavy atom. The zero-order valence-electron chi connectivity index (χ0n) is 6.91. The van der Waals surface area contributed by atoms with Crippen molar-refractivity contribution in [3.05, 3.63) is 29.3 Å². The molecule has 0 saturated heterocycles. The second-order valence-electron chi connectivity index (χ2n) is 2.98. The number of hydrogen-bond acceptors (Lipinski definition) is 2. The number of fused-ring (bicyclic) bond motifs is 1. The summed E-state index contributed by atoms with van der Waals surface area (Å²) in [6.45, 7) is 0. The molecule has 1 aliphatic rings. The first-order valence-corrected chi connectivity index (χ1v) is 3.98. The van der Waals surface area contributed by atoms with E-state index in [0.717, 1.165) is 24.0 Å². The van der Waals surface area contributed by atoms with Gasteiger partial charge < -0.3 is 9.53 Å². The highest BCUT2D eigenvalue weighted by molar-refractivity contribution is 5.71. The third-order valence-corrected chi connectivity index (χ3v) is 2.35. The molecule has 1 unspecified atom stereocenters. The van der Waals surface area contributed by atoms with Gasteiger partial charge in [0.05, 0.1) is 7.11 Å². The monoisotopic (exact) mass is 162 g/mol. The highest BCUT2D eigenvalue weighted by atomic mass is 16.5. The zero-order valence-corrected chi connectivity index (χ0v) is 6.91. The predicted octanol–water partition coefficient (Wildman–Crippen LogP) is 1.53. The molecular formula is C10H10O2. The summed E-state index contributed by atoms with van der Waals surface area (Å²) >= 11 is 0. The van der Waals surface area contributed by atoms with Crippen molar-refractivity contribution >= 4 is 6.29 Å². The molecule has 0 spiro atoms. The average molecular weight is 162 g/mol. The summed E-state index contributed by atoms with van der Waals surface area (Å²) in [5.74, 6) is 0.909. The van der Waals surface area contributed by atoms with E-state index in [4.69, 9.17) is 4.74 Å². The summed E-state index contributed by atoms with van der Waals surface area (Å²) in [6.07, 6.45) is 1.86. The molecule has 62 valence electrons. The van der Waals surface area contributed by atoms with Crippen molar-refractivity contribution in [3.8, 4) is 5.75 Å². The van der Waals surface area contributed by atoms with Gasteiger partial charge in [-0.1, -0.05) is 12.1 Å². The van der Waals surface area contributed by atoms with Gasteiger partial charge in [0, 0.05) is 11.5 Å². The number of ether oxygens (including phenoxy) is 1. The molecule has 12 heavy (non-hydrogen) atoms. The van der Waals surface area contributed by atoms with Crippen molar-refractivity contribution in [1.29, 1.82) is 0 Å². The molecule has 0 radical (unpaired) electrons. The van der Waals surface area contributed by atoms with Crippen LogP contribution in [0.1, 0.15) is 17.0 Å². The van der Waals surface area contributed by atoms with Gasteiger partial charge in [-0.2, -0.15) is 0 Å². The molecule has 0 aromatic heterocycles. The minimum Gasteiger partial charge on any atom is -0.496 e. The van der Waals surface area contributed by atoms with E-state index < -0.39 is 0 Å². The molecule has 0 N–H and O–H groups in total. The van der Waals surface area contributed by atoms with Crippen LogP contribution >= 0.6 is 0 Å². The van der Waals surface area contributed by atoms with Crippen LogP contribution in [0.15, 0.2) is 18.2 Å². The van der Waals surface area contributed by atoms with E-state index in [1.54, 1.807) is 7.11 Å². The number of hydrogen-bond donors (Lipinski definition) is 0. The molecule has 0 bridgehead atoms. The molecule has 0 aliphatic heterocycles. The molecule has 0 heterocycles. The maximum Gasteiger partial charge on any atom is 0.127 e. The van der Waals surface area contributed by atoms with Crippen LogP contribution in [0.4, 0.5) is 0 Å². The van der Waals surface area contributed by atoms with E-state index in [0.29, 0.717) is 0 Å². The van der Waals surface area contributed by atoms with Gasteiger partial charge in [-0.05, 0) is 18.1 Å². The lowest BCUT2D eigenvalue weighted by atomic mass is 9.78. The van der Waals surface area contributed by atoms with Crippen LogP contribution in [0, 0.1) is 0 Å². The van der Waals surface area contributed by atoms with Gasteiger partial charge in [0.15, 0.2) is 0 Å². The standard InChI is InChI=1S/C10H10O2/c1-12-9-4-2-3-7-5-8(6-11)10(7)9/h2-4,6,8H,5H2,1H3. The minimum atomic E-state index is 0.0659. The summed E-state index contributed by atoms with van der Waals surface area (Å²) in [7, 11) is 1.63.